The summed E-state index contributed by atoms with van der Waals surface area (Å²) in [5.41, 5.74) is 1.22. The minimum atomic E-state index is -3.78. The molecule has 0 aliphatic carbocycles. The monoisotopic (exact) mass is 398 g/mol. The zero-order valence-electron chi connectivity index (χ0n) is 14.5. The standard InChI is InChI=1S/C17H20F2N4O3S/c1-21-17(22-10-12-5-4-7-14(9-12)27(20,24)25)23-11-13-6-2-3-8-15(13)26-16(18)19/h2-9,16H,10-11H2,1H3,(H2,20,24,25)(H2,21,22,23). The Morgan fingerprint density at radius 3 is 2.52 bits per heavy atom. The highest BCUT2D eigenvalue weighted by Crippen LogP contribution is 2.19. The number of aliphatic imine (C=N–C) groups is 1. The zero-order valence-corrected chi connectivity index (χ0v) is 15.3. The van der Waals surface area contributed by atoms with Gasteiger partial charge in [-0.3, -0.25) is 4.99 Å². The number of guanidine groups is 1. The van der Waals surface area contributed by atoms with E-state index in [1.807, 2.05) is 0 Å². The summed E-state index contributed by atoms with van der Waals surface area (Å²) in [5, 5.41) is 11.1. The molecule has 0 unspecified atom stereocenters. The highest BCUT2D eigenvalue weighted by molar-refractivity contribution is 7.89. The molecule has 0 aromatic heterocycles. The SMILES string of the molecule is CN=C(NCc1cccc(S(N)(=O)=O)c1)NCc1ccccc1OC(F)F. The minimum Gasteiger partial charge on any atom is -0.434 e. The average molecular weight is 398 g/mol. The molecule has 0 aliphatic rings. The summed E-state index contributed by atoms with van der Waals surface area (Å²) in [6.07, 6.45) is 0. The first kappa shape index (κ1) is 20.6. The molecule has 7 nitrogen and oxygen atoms in total. The molecule has 0 amide bonds. The maximum atomic E-state index is 12.5. The Morgan fingerprint density at radius 1 is 1.15 bits per heavy atom. The van der Waals surface area contributed by atoms with Gasteiger partial charge in [0.15, 0.2) is 5.96 Å². The fourth-order valence-corrected chi connectivity index (χ4v) is 2.86. The van der Waals surface area contributed by atoms with Gasteiger partial charge in [0.05, 0.1) is 4.90 Å². The van der Waals surface area contributed by atoms with E-state index in [-0.39, 0.29) is 23.7 Å². The first-order chi connectivity index (χ1) is 12.8. The lowest BCUT2D eigenvalue weighted by molar-refractivity contribution is -0.0504. The molecule has 0 atom stereocenters. The lowest BCUT2D eigenvalue weighted by atomic mass is 10.2. The number of nitrogens with two attached hydrogens (primary N) is 1. The smallest absolute Gasteiger partial charge is 0.387 e. The first-order valence-corrected chi connectivity index (χ1v) is 9.43. The van der Waals surface area contributed by atoms with E-state index in [0.29, 0.717) is 17.1 Å². The normalized spacial score (nSPS) is 12.1. The van der Waals surface area contributed by atoms with Crippen LogP contribution in [-0.4, -0.2) is 28.0 Å². The number of hydrogen-bond donors (Lipinski definition) is 3. The number of sulfonamides is 1. The van der Waals surface area contributed by atoms with Crippen LogP contribution in [-0.2, 0) is 23.1 Å². The Bertz CT molecular complexity index is 905. The molecule has 0 spiro atoms. The Balaban J connectivity index is 1.98. The molecule has 10 heteroatoms. The second-order valence-corrected chi connectivity index (χ2v) is 7.02. The van der Waals surface area contributed by atoms with Crippen LogP contribution >= 0.6 is 0 Å². The Labute approximate surface area is 156 Å². The molecular formula is C17H20F2N4O3S. The Kier molecular flexibility index (Phi) is 7.08. The Morgan fingerprint density at radius 2 is 1.85 bits per heavy atom. The number of halogens is 2. The van der Waals surface area contributed by atoms with E-state index in [2.05, 4.69) is 20.4 Å². The van der Waals surface area contributed by atoms with E-state index in [9.17, 15) is 17.2 Å². The molecule has 2 aromatic carbocycles. The molecule has 0 radical (unpaired) electrons. The third-order valence-corrected chi connectivity index (χ3v) is 4.46. The van der Waals surface area contributed by atoms with Crippen molar-refractivity contribution < 1.29 is 21.9 Å². The van der Waals surface area contributed by atoms with E-state index in [4.69, 9.17) is 5.14 Å². The predicted octanol–water partition coefficient (Wildman–Crippen LogP) is 1.80. The van der Waals surface area contributed by atoms with Crippen molar-refractivity contribution in [1.29, 1.82) is 0 Å². The van der Waals surface area contributed by atoms with Gasteiger partial charge in [-0.1, -0.05) is 30.3 Å². The van der Waals surface area contributed by atoms with Gasteiger partial charge in [0.25, 0.3) is 0 Å². The van der Waals surface area contributed by atoms with Crippen molar-refractivity contribution in [3.63, 3.8) is 0 Å². The van der Waals surface area contributed by atoms with Crippen molar-refractivity contribution in [3.8, 4) is 5.75 Å². The highest BCUT2D eigenvalue weighted by Gasteiger charge is 2.10. The first-order valence-electron chi connectivity index (χ1n) is 7.88. The third-order valence-electron chi connectivity index (χ3n) is 3.55. The molecular weight excluding hydrogens is 378 g/mol. The second-order valence-electron chi connectivity index (χ2n) is 5.46. The van der Waals surface area contributed by atoms with Gasteiger partial charge >= 0.3 is 6.61 Å². The van der Waals surface area contributed by atoms with E-state index in [0.717, 1.165) is 0 Å². The van der Waals surface area contributed by atoms with Crippen LogP contribution in [0.5, 0.6) is 5.75 Å². The molecule has 2 rings (SSSR count). The van der Waals surface area contributed by atoms with Gasteiger partial charge in [0, 0.05) is 25.7 Å². The largest absolute Gasteiger partial charge is 0.434 e. The van der Waals surface area contributed by atoms with E-state index >= 15 is 0 Å². The van der Waals surface area contributed by atoms with Crippen LogP contribution in [0.3, 0.4) is 0 Å². The van der Waals surface area contributed by atoms with Crippen molar-refractivity contribution >= 4 is 16.0 Å². The van der Waals surface area contributed by atoms with Crippen molar-refractivity contribution in [2.75, 3.05) is 7.05 Å². The van der Waals surface area contributed by atoms with Crippen molar-refractivity contribution in [2.24, 2.45) is 10.1 Å². The number of primary sulfonamides is 1. The number of nitrogens with zero attached hydrogens (tertiary/aromatic N) is 1. The van der Waals surface area contributed by atoms with Gasteiger partial charge in [-0.15, -0.1) is 0 Å². The van der Waals surface area contributed by atoms with Crippen molar-refractivity contribution in [2.45, 2.75) is 24.6 Å². The molecule has 0 fully saturated rings. The van der Waals surface area contributed by atoms with Crippen LogP contribution in [0.1, 0.15) is 11.1 Å². The van der Waals surface area contributed by atoms with Gasteiger partial charge in [-0.2, -0.15) is 8.78 Å². The number of nitrogens with one attached hydrogen (secondary N) is 2. The molecule has 2 aromatic rings. The van der Waals surface area contributed by atoms with Crippen LogP contribution in [0.25, 0.3) is 0 Å². The summed E-state index contributed by atoms with van der Waals surface area (Å²) in [6, 6.07) is 12.6. The summed E-state index contributed by atoms with van der Waals surface area (Å²) in [7, 11) is -2.23. The number of alkyl halides is 2. The summed E-state index contributed by atoms with van der Waals surface area (Å²) in [5.74, 6) is 0.485. The summed E-state index contributed by atoms with van der Waals surface area (Å²) in [6.45, 7) is -2.41. The fourth-order valence-electron chi connectivity index (χ4n) is 2.28. The van der Waals surface area contributed by atoms with Gasteiger partial charge < -0.3 is 15.4 Å². The van der Waals surface area contributed by atoms with Crippen molar-refractivity contribution in [1.82, 2.24) is 10.6 Å². The number of para-hydroxylation sites is 1. The number of ether oxygens (including phenoxy) is 1. The number of rotatable bonds is 7. The average Bonchev–Trinajstić information content (AvgIpc) is 2.62. The molecule has 0 saturated heterocycles. The zero-order chi connectivity index (χ0) is 19.9. The molecule has 0 bridgehead atoms. The number of hydrogen-bond acceptors (Lipinski definition) is 4. The highest BCUT2D eigenvalue weighted by atomic mass is 32.2. The fraction of sp³-hybridized carbons (Fsp3) is 0.235. The molecule has 0 aliphatic heterocycles. The lowest BCUT2D eigenvalue weighted by Gasteiger charge is -2.14. The molecule has 0 heterocycles. The summed E-state index contributed by atoms with van der Waals surface area (Å²) >= 11 is 0. The minimum absolute atomic E-state index is 0.0165. The van der Waals surface area contributed by atoms with Crippen LogP contribution in [0.2, 0.25) is 0 Å². The topological polar surface area (TPSA) is 106 Å². The van der Waals surface area contributed by atoms with Gasteiger partial charge in [-0.25, -0.2) is 13.6 Å². The van der Waals surface area contributed by atoms with Gasteiger partial charge in [0.2, 0.25) is 10.0 Å². The van der Waals surface area contributed by atoms with Crippen LogP contribution in [0.15, 0.2) is 58.4 Å². The van der Waals surface area contributed by atoms with Crippen LogP contribution < -0.4 is 20.5 Å². The number of benzene rings is 2. The van der Waals surface area contributed by atoms with E-state index in [1.165, 1.54) is 18.2 Å². The quantitative estimate of drug-likeness (QED) is 0.487. The van der Waals surface area contributed by atoms with Gasteiger partial charge in [0.1, 0.15) is 5.75 Å². The van der Waals surface area contributed by atoms with Gasteiger partial charge in [-0.05, 0) is 23.8 Å². The third kappa shape index (κ3) is 6.50. The second kappa shape index (κ2) is 9.28. The van der Waals surface area contributed by atoms with Crippen molar-refractivity contribution in [3.05, 3.63) is 59.7 Å². The summed E-state index contributed by atoms with van der Waals surface area (Å²) in [4.78, 5) is 4.06. The van der Waals surface area contributed by atoms with E-state index < -0.39 is 16.6 Å². The molecule has 4 N–H and O–H groups in total. The molecule has 146 valence electrons. The molecule has 27 heavy (non-hydrogen) atoms. The maximum Gasteiger partial charge on any atom is 0.387 e. The maximum absolute atomic E-state index is 12.5. The predicted molar refractivity (Wildman–Crippen MR) is 97.9 cm³/mol. The summed E-state index contributed by atoms with van der Waals surface area (Å²) < 4.78 is 52.2. The lowest BCUT2D eigenvalue weighted by Crippen LogP contribution is -2.36. The van der Waals surface area contributed by atoms with Crippen LogP contribution in [0.4, 0.5) is 8.78 Å². The van der Waals surface area contributed by atoms with Crippen LogP contribution in [0, 0.1) is 0 Å². The van der Waals surface area contributed by atoms with E-state index in [1.54, 1.807) is 37.4 Å². The Hall–Kier alpha value is -2.72. The molecule has 0 saturated carbocycles.